The monoisotopic (exact) mass is 262 g/mol. The number of anilines is 1. The minimum atomic E-state index is 0.604. The molecule has 0 amide bonds. The topological polar surface area (TPSA) is 15.3 Å². The van der Waals surface area contributed by atoms with Crippen molar-refractivity contribution in [2.75, 3.05) is 24.5 Å². The fraction of sp³-hybridized carbons (Fsp3) is 0.647. The Bertz CT molecular complexity index is 304. The van der Waals surface area contributed by atoms with Crippen molar-refractivity contribution < 1.29 is 0 Å². The smallest absolute Gasteiger partial charge is 0.0366 e. The Hall–Kier alpha value is -1.02. The summed E-state index contributed by atoms with van der Waals surface area (Å²) in [5, 5.41) is 3.62. The molecule has 1 N–H and O–H groups in total. The van der Waals surface area contributed by atoms with E-state index in [0.29, 0.717) is 6.04 Å². The van der Waals surface area contributed by atoms with Crippen LogP contribution in [0, 0.1) is 0 Å². The molecule has 0 fully saturated rings. The predicted octanol–water partition coefficient (Wildman–Crippen LogP) is 4.07. The Labute approximate surface area is 119 Å². The van der Waals surface area contributed by atoms with Crippen molar-refractivity contribution in [1.29, 1.82) is 0 Å². The second kappa shape index (κ2) is 9.85. The van der Waals surface area contributed by atoms with Gasteiger partial charge in [-0.1, -0.05) is 51.8 Å². The zero-order valence-electron chi connectivity index (χ0n) is 12.9. The Kier molecular flexibility index (Phi) is 8.31. The van der Waals surface area contributed by atoms with Gasteiger partial charge in [-0.15, -0.1) is 0 Å². The van der Waals surface area contributed by atoms with Crippen LogP contribution in [0.1, 0.15) is 46.5 Å². The molecule has 108 valence electrons. The van der Waals surface area contributed by atoms with Gasteiger partial charge in [-0.05, 0) is 31.5 Å². The maximum absolute atomic E-state index is 3.62. The first-order chi connectivity index (χ1) is 9.31. The van der Waals surface area contributed by atoms with Crippen molar-refractivity contribution in [2.24, 2.45) is 0 Å². The van der Waals surface area contributed by atoms with Gasteiger partial charge in [-0.2, -0.15) is 0 Å². The van der Waals surface area contributed by atoms with Gasteiger partial charge >= 0.3 is 0 Å². The average Bonchev–Trinajstić information content (AvgIpc) is 2.44. The highest BCUT2D eigenvalue weighted by atomic mass is 15.2. The van der Waals surface area contributed by atoms with Gasteiger partial charge in [0.1, 0.15) is 0 Å². The van der Waals surface area contributed by atoms with Crippen LogP contribution in [-0.4, -0.2) is 25.7 Å². The molecular weight excluding hydrogens is 232 g/mol. The molecule has 0 aliphatic heterocycles. The van der Waals surface area contributed by atoms with Gasteiger partial charge in [-0.3, -0.25) is 0 Å². The summed E-state index contributed by atoms with van der Waals surface area (Å²) in [6.45, 7) is 10.1. The van der Waals surface area contributed by atoms with Crippen molar-refractivity contribution in [2.45, 2.75) is 52.5 Å². The van der Waals surface area contributed by atoms with Crippen molar-refractivity contribution in [1.82, 2.24) is 5.32 Å². The van der Waals surface area contributed by atoms with E-state index in [2.05, 4.69) is 61.3 Å². The third-order valence-corrected chi connectivity index (χ3v) is 3.47. The molecule has 0 aliphatic carbocycles. The molecule has 1 rings (SSSR count). The van der Waals surface area contributed by atoms with Crippen LogP contribution in [0.4, 0.5) is 5.69 Å². The van der Waals surface area contributed by atoms with Crippen molar-refractivity contribution >= 4 is 5.69 Å². The summed E-state index contributed by atoms with van der Waals surface area (Å²) in [6.07, 6.45) is 5.01. The van der Waals surface area contributed by atoms with Gasteiger partial charge in [0.15, 0.2) is 0 Å². The fourth-order valence-electron chi connectivity index (χ4n) is 2.47. The quantitative estimate of drug-likeness (QED) is 0.684. The maximum atomic E-state index is 3.62. The summed E-state index contributed by atoms with van der Waals surface area (Å²) >= 11 is 0. The number of rotatable bonds is 10. The first-order valence-electron chi connectivity index (χ1n) is 7.85. The van der Waals surface area contributed by atoms with Crippen LogP contribution in [0.3, 0.4) is 0 Å². The van der Waals surface area contributed by atoms with Crippen LogP contribution in [0.15, 0.2) is 30.3 Å². The second-order valence-electron chi connectivity index (χ2n) is 5.18. The Balaban J connectivity index is 2.67. The fourth-order valence-corrected chi connectivity index (χ4v) is 2.47. The standard InChI is InChI=1S/C17H30N2/c1-4-7-14-19(17-12-9-8-10-13-17)15-16(11-5-2)18-6-3/h8-10,12-13,16,18H,4-7,11,14-15H2,1-3H3. The molecule has 1 aromatic rings. The summed E-state index contributed by atoms with van der Waals surface area (Å²) in [6, 6.07) is 11.4. The lowest BCUT2D eigenvalue weighted by Crippen LogP contribution is -2.41. The summed E-state index contributed by atoms with van der Waals surface area (Å²) in [5.41, 5.74) is 1.36. The van der Waals surface area contributed by atoms with Crippen LogP contribution < -0.4 is 10.2 Å². The lowest BCUT2D eigenvalue weighted by Gasteiger charge is -2.30. The largest absolute Gasteiger partial charge is 0.370 e. The molecule has 0 aliphatic rings. The third kappa shape index (κ3) is 6.11. The van der Waals surface area contributed by atoms with Crippen LogP contribution in [0.5, 0.6) is 0 Å². The highest BCUT2D eigenvalue weighted by Crippen LogP contribution is 2.15. The van der Waals surface area contributed by atoms with Gasteiger partial charge in [-0.25, -0.2) is 0 Å². The van der Waals surface area contributed by atoms with E-state index in [1.807, 2.05) is 0 Å². The van der Waals surface area contributed by atoms with E-state index in [1.165, 1.54) is 31.4 Å². The number of hydrogen-bond acceptors (Lipinski definition) is 2. The lowest BCUT2D eigenvalue weighted by atomic mass is 10.1. The SMILES string of the molecule is CCCCN(CC(CCC)NCC)c1ccccc1. The number of para-hydroxylation sites is 1. The molecular formula is C17H30N2. The number of benzene rings is 1. The molecule has 0 aromatic heterocycles. The molecule has 1 aromatic carbocycles. The number of nitrogens with zero attached hydrogens (tertiary/aromatic N) is 1. The minimum absolute atomic E-state index is 0.604. The molecule has 0 heterocycles. The molecule has 0 bridgehead atoms. The first kappa shape index (κ1) is 16.0. The van der Waals surface area contributed by atoms with E-state index in [0.717, 1.165) is 19.6 Å². The van der Waals surface area contributed by atoms with Gasteiger partial charge in [0.25, 0.3) is 0 Å². The predicted molar refractivity (Wildman–Crippen MR) is 85.9 cm³/mol. The Morgan fingerprint density at radius 1 is 1.05 bits per heavy atom. The van der Waals surface area contributed by atoms with Crippen LogP contribution in [0.25, 0.3) is 0 Å². The highest BCUT2D eigenvalue weighted by molar-refractivity contribution is 5.46. The van der Waals surface area contributed by atoms with Crippen molar-refractivity contribution in [3.05, 3.63) is 30.3 Å². The summed E-state index contributed by atoms with van der Waals surface area (Å²) in [4.78, 5) is 2.53. The van der Waals surface area contributed by atoms with Gasteiger partial charge < -0.3 is 10.2 Å². The molecule has 2 nitrogen and oxygen atoms in total. The van der Waals surface area contributed by atoms with E-state index in [4.69, 9.17) is 0 Å². The van der Waals surface area contributed by atoms with Gasteiger partial charge in [0.2, 0.25) is 0 Å². The average molecular weight is 262 g/mol. The maximum Gasteiger partial charge on any atom is 0.0366 e. The summed E-state index contributed by atoms with van der Waals surface area (Å²) in [7, 11) is 0. The Morgan fingerprint density at radius 3 is 2.37 bits per heavy atom. The molecule has 0 saturated carbocycles. The zero-order valence-corrected chi connectivity index (χ0v) is 12.9. The number of unbranched alkanes of at least 4 members (excludes halogenated alkanes) is 1. The van der Waals surface area contributed by atoms with E-state index in [9.17, 15) is 0 Å². The molecule has 2 heteroatoms. The molecule has 1 atom stereocenters. The van der Waals surface area contributed by atoms with E-state index in [-0.39, 0.29) is 0 Å². The normalized spacial score (nSPS) is 12.4. The third-order valence-electron chi connectivity index (χ3n) is 3.47. The minimum Gasteiger partial charge on any atom is -0.370 e. The van der Waals surface area contributed by atoms with E-state index >= 15 is 0 Å². The molecule has 0 radical (unpaired) electrons. The molecule has 0 saturated heterocycles. The zero-order chi connectivity index (χ0) is 13.9. The summed E-state index contributed by atoms with van der Waals surface area (Å²) in [5.74, 6) is 0. The molecule has 1 unspecified atom stereocenters. The van der Waals surface area contributed by atoms with E-state index in [1.54, 1.807) is 0 Å². The number of nitrogens with one attached hydrogen (secondary N) is 1. The van der Waals surface area contributed by atoms with Gasteiger partial charge in [0, 0.05) is 24.8 Å². The van der Waals surface area contributed by atoms with Crippen LogP contribution >= 0.6 is 0 Å². The number of likely N-dealkylation sites (N-methyl/N-ethyl adjacent to an activating group) is 1. The first-order valence-corrected chi connectivity index (χ1v) is 7.85. The Morgan fingerprint density at radius 2 is 1.79 bits per heavy atom. The highest BCUT2D eigenvalue weighted by Gasteiger charge is 2.12. The van der Waals surface area contributed by atoms with E-state index < -0.39 is 0 Å². The van der Waals surface area contributed by atoms with Gasteiger partial charge in [0.05, 0.1) is 0 Å². The molecule has 19 heavy (non-hydrogen) atoms. The number of hydrogen-bond donors (Lipinski definition) is 1. The second-order valence-corrected chi connectivity index (χ2v) is 5.18. The van der Waals surface area contributed by atoms with Crippen LogP contribution in [-0.2, 0) is 0 Å². The summed E-state index contributed by atoms with van der Waals surface area (Å²) < 4.78 is 0. The lowest BCUT2D eigenvalue weighted by molar-refractivity contribution is 0.478. The van der Waals surface area contributed by atoms with Crippen molar-refractivity contribution in [3.8, 4) is 0 Å². The van der Waals surface area contributed by atoms with Crippen molar-refractivity contribution in [3.63, 3.8) is 0 Å². The molecule has 0 spiro atoms. The van der Waals surface area contributed by atoms with Crippen LogP contribution in [0.2, 0.25) is 0 Å².